The first kappa shape index (κ1) is 13.6. The predicted molar refractivity (Wildman–Crippen MR) is 80.2 cm³/mol. The second-order valence-electron chi connectivity index (χ2n) is 4.72. The number of aryl methyl sites for hydroxylation is 1. The fourth-order valence-electron chi connectivity index (χ4n) is 2.22. The number of anilines is 1. The van der Waals surface area contributed by atoms with Crippen molar-refractivity contribution in [2.45, 2.75) is 19.4 Å². The van der Waals surface area contributed by atoms with Crippen LogP contribution in [0.5, 0.6) is 0 Å². The molecule has 0 bridgehead atoms. The average molecular weight is 255 g/mol. The van der Waals surface area contributed by atoms with Gasteiger partial charge < -0.3 is 10.6 Å². The third-order valence-electron chi connectivity index (χ3n) is 3.32. The highest BCUT2D eigenvalue weighted by Gasteiger charge is 2.06. The molecule has 2 rings (SSSR count). The van der Waals surface area contributed by atoms with Crippen molar-refractivity contribution in [2.24, 2.45) is 5.73 Å². The standard InChI is InChI=1S/C16H21N3/c1-19(16-13-18-10-9-15(16)12-17)11-5-8-14-6-3-2-4-7-14/h2-4,6-7,9-10,13H,5,8,11-12,17H2,1H3. The fraction of sp³-hybridized carbons (Fsp3) is 0.312. The molecule has 0 radical (unpaired) electrons. The third-order valence-corrected chi connectivity index (χ3v) is 3.32. The molecule has 100 valence electrons. The van der Waals surface area contributed by atoms with Crippen LogP contribution >= 0.6 is 0 Å². The van der Waals surface area contributed by atoms with Gasteiger partial charge in [-0.05, 0) is 30.0 Å². The molecule has 19 heavy (non-hydrogen) atoms. The summed E-state index contributed by atoms with van der Waals surface area (Å²) in [5.41, 5.74) is 9.43. The Morgan fingerprint density at radius 3 is 2.68 bits per heavy atom. The van der Waals surface area contributed by atoms with E-state index in [0.29, 0.717) is 6.54 Å². The zero-order valence-corrected chi connectivity index (χ0v) is 11.4. The van der Waals surface area contributed by atoms with Crippen LogP contribution in [0.4, 0.5) is 5.69 Å². The van der Waals surface area contributed by atoms with Gasteiger partial charge in [-0.3, -0.25) is 4.98 Å². The Bertz CT molecular complexity index is 496. The Labute approximate surface area is 115 Å². The monoisotopic (exact) mass is 255 g/mol. The van der Waals surface area contributed by atoms with E-state index in [1.54, 1.807) is 6.20 Å². The normalized spacial score (nSPS) is 10.4. The van der Waals surface area contributed by atoms with Crippen molar-refractivity contribution < 1.29 is 0 Å². The van der Waals surface area contributed by atoms with Crippen molar-refractivity contribution in [2.75, 3.05) is 18.5 Å². The molecule has 0 amide bonds. The lowest BCUT2D eigenvalue weighted by molar-refractivity contribution is 0.780. The summed E-state index contributed by atoms with van der Waals surface area (Å²) in [6.07, 6.45) is 5.91. The van der Waals surface area contributed by atoms with Gasteiger partial charge in [-0.1, -0.05) is 30.3 Å². The van der Waals surface area contributed by atoms with Crippen LogP contribution < -0.4 is 10.6 Å². The molecule has 2 aromatic rings. The molecule has 1 aromatic carbocycles. The Kier molecular flexibility index (Phi) is 4.93. The van der Waals surface area contributed by atoms with E-state index in [-0.39, 0.29) is 0 Å². The van der Waals surface area contributed by atoms with Gasteiger partial charge in [0.05, 0.1) is 11.9 Å². The Balaban J connectivity index is 1.89. The minimum absolute atomic E-state index is 0.556. The Hall–Kier alpha value is -1.87. The third kappa shape index (κ3) is 3.80. The molecule has 0 saturated carbocycles. The number of rotatable bonds is 6. The molecule has 1 heterocycles. The van der Waals surface area contributed by atoms with E-state index in [1.165, 1.54) is 5.56 Å². The van der Waals surface area contributed by atoms with Gasteiger partial charge in [0.1, 0.15) is 0 Å². The maximum Gasteiger partial charge on any atom is 0.0595 e. The summed E-state index contributed by atoms with van der Waals surface area (Å²) in [6, 6.07) is 12.6. The molecule has 0 atom stereocenters. The van der Waals surface area contributed by atoms with Crippen molar-refractivity contribution in [3.05, 3.63) is 59.9 Å². The minimum Gasteiger partial charge on any atom is -0.373 e. The van der Waals surface area contributed by atoms with Crippen LogP contribution in [0, 0.1) is 0 Å². The maximum absolute atomic E-state index is 5.75. The van der Waals surface area contributed by atoms with Crippen LogP contribution in [-0.4, -0.2) is 18.6 Å². The number of aromatic nitrogens is 1. The number of nitrogens with zero attached hydrogens (tertiary/aromatic N) is 2. The van der Waals surface area contributed by atoms with Gasteiger partial charge in [0, 0.05) is 26.3 Å². The van der Waals surface area contributed by atoms with E-state index in [4.69, 9.17) is 5.73 Å². The van der Waals surface area contributed by atoms with E-state index >= 15 is 0 Å². The van der Waals surface area contributed by atoms with E-state index in [1.807, 2.05) is 12.3 Å². The number of hydrogen-bond acceptors (Lipinski definition) is 3. The SMILES string of the molecule is CN(CCCc1ccccc1)c1cnccc1CN. The topological polar surface area (TPSA) is 42.2 Å². The highest BCUT2D eigenvalue weighted by Crippen LogP contribution is 2.17. The lowest BCUT2D eigenvalue weighted by atomic mass is 10.1. The lowest BCUT2D eigenvalue weighted by Crippen LogP contribution is -2.21. The van der Waals surface area contributed by atoms with Crippen molar-refractivity contribution >= 4 is 5.69 Å². The van der Waals surface area contributed by atoms with Crippen LogP contribution in [0.15, 0.2) is 48.8 Å². The van der Waals surface area contributed by atoms with Crippen LogP contribution in [0.25, 0.3) is 0 Å². The van der Waals surface area contributed by atoms with Crippen LogP contribution in [0.2, 0.25) is 0 Å². The first-order valence-electron chi connectivity index (χ1n) is 6.69. The van der Waals surface area contributed by atoms with Crippen molar-refractivity contribution in [3.63, 3.8) is 0 Å². The second-order valence-corrected chi connectivity index (χ2v) is 4.72. The summed E-state index contributed by atoms with van der Waals surface area (Å²) in [7, 11) is 2.10. The first-order valence-corrected chi connectivity index (χ1v) is 6.69. The molecule has 0 aliphatic carbocycles. The molecule has 0 unspecified atom stereocenters. The number of pyridine rings is 1. The quantitative estimate of drug-likeness (QED) is 0.862. The summed E-state index contributed by atoms with van der Waals surface area (Å²) in [4.78, 5) is 6.42. The van der Waals surface area contributed by atoms with Crippen molar-refractivity contribution in [1.29, 1.82) is 0 Å². The van der Waals surface area contributed by atoms with Crippen LogP contribution in [-0.2, 0) is 13.0 Å². The molecule has 0 aliphatic heterocycles. The summed E-state index contributed by atoms with van der Waals surface area (Å²) >= 11 is 0. The largest absolute Gasteiger partial charge is 0.373 e. The Morgan fingerprint density at radius 2 is 1.95 bits per heavy atom. The van der Waals surface area contributed by atoms with E-state index in [2.05, 4.69) is 47.3 Å². The summed E-state index contributed by atoms with van der Waals surface area (Å²) in [6.45, 7) is 1.56. The number of benzene rings is 1. The minimum atomic E-state index is 0.556. The fourth-order valence-corrected chi connectivity index (χ4v) is 2.22. The summed E-state index contributed by atoms with van der Waals surface area (Å²) in [5.74, 6) is 0. The Morgan fingerprint density at radius 1 is 1.16 bits per heavy atom. The molecule has 3 nitrogen and oxygen atoms in total. The zero-order chi connectivity index (χ0) is 13.5. The molecule has 2 N–H and O–H groups in total. The molecular weight excluding hydrogens is 234 g/mol. The lowest BCUT2D eigenvalue weighted by Gasteiger charge is -2.21. The molecule has 0 fully saturated rings. The van der Waals surface area contributed by atoms with Gasteiger partial charge in [0.2, 0.25) is 0 Å². The number of hydrogen-bond donors (Lipinski definition) is 1. The van der Waals surface area contributed by atoms with Gasteiger partial charge in [-0.25, -0.2) is 0 Å². The smallest absolute Gasteiger partial charge is 0.0595 e. The molecule has 0 saturated heterocycles. The van der Waals surface area contributed by atoms with E-state index in [0.717, 1.165) is 30.6 Å². The van der Waals surface area contributed by atoms with Gasteiger partial charge in [-0.15, -0.1) is 0 Å². The zero-order valence-electron chi connectivity index (χ0n) is 11.4. The van der Waals surface area contributed by atoms with Gasteiger partial charge in [0.25, 0.3) is 0 Å². The van der Waals surface area contributed by atoms with Gasteiger partial charge >= 0.3 is 0 Å². The van der Waals surface area contributed by atoms with Crippen LogP contribution in [0.3, 0.4) is 0 Å². The van der Waals surface area contributed by atoms with E-state index in [9.17, 15) is 0 Å². The van der Waals surface area contributed by atoms with Crippen molar-refractivity contribution in [3.8, 4) is 0 Å². The average Bonchev–Trinajstić information content (AvgIpc) is 2.48. The van der Waals surface area contributed by atoms with Gasteiger partial charge in [-0.2, -0.15) is 0 Å². The first-order chi connectivity index (χ1) is 9.31. The maximum atomic E-state index is 5.75. The molecular formula is C16H21N3. The number of nitrogens with two attached hydrogens (primary N) is 1. The highest BCUT2D eigenvalue weighted by atomic mass is 15.1. The molecule has 3 heteroatoms. The predicted octanol–water partition coefficient (Wildman–Crippen LogP) is 2.61. The van der Waals surface area contributed by atoms with Crippen molar-refractivity contribution in [1.82, 2.24) is 4.98 Å². The molecule has 1 aromatic heterocycles. The molecule has 0 spiro atoms. The summed E-state index contributed by atoms with van der Waals surface area (Å²) in [5, 5.41) is 0. The molecule has 0 aliphatic rings. The second kappa shape index (κ2) is 6.90. The highest BCUT2D eigenvalue weighted by molar-refractivity contribution is 5.50. The van der Waals surface area contributed by atoms with E-state index < -0.39 is 0 Å². The van der Waals surface area contributed by atoms with Crippen LogP contribution in [0.1, 0.15) is 17.5 Å². The van der Waals surface area contributed by atoms with Gasteiger partial charge in [0.15, 0.2) is 0 Å². The summed E-state index contributed by atoms with van der Waals surface area (Å²) < 4.78 is 0.